The Morgan fingerprint density at radius 1 is 1.31 bits per heavy atom. The molecule has 0 saturated heterocycles. The summed E-state index contributed by atoms with van der Waals surface area (Å²) in [4.78, 5) is 2.01. The summed E-state index contributed by atoms with van der Waals surface area (Å²) >= 11 is 0. The Hall–Kier alpha value is -1.35. The van der Waals surface area contributed by atoms with Crippen LogP contribution in [0.3, 0.4) is 0 Å². The van der Waals surface area contributed by atoms with Crippen LogP contribution in [-0.4, -0.2) is 57.1 Å². The van der Waals surface area contributed by atoms with E-state index in [1.165, 1.54) is 11.1 Å². The van der Waals surface area contributed by atoms with Crippen LogP contribution < -0.4 is 0 Å². The predicted octanol–water partition coefficient (Wildman–Crippen LogP) is 1.29. The van der Waals surface area contributed by atoms with E-state index in [0.29, 0.717) is 13.2 Å². The fraction of sp³-hybridized carbons (Fsp3) is 0.462. The maximum absolute atomic E-state index is 5.51. The number of rotatable bonds is 3. The molecule has 0 spiro atoms. The van der Waals surface area contributed by atoms with Gasteiger partial charge in [0.1, 0.15) is 14.1 Å². The number of hydrogen-bond donors (Lipinski definition) is 0. The van der Waals surface area contributed by atoms with Crippen molar-refractivity contribution < 1.29 is 9.31 Å². The summed E-state index contributed by atoms with van der Waals surface area (Å²) in [5, 5.41) is 0. The quantitative estimate of drug-likeness (QED) is 0.527. The molecule has 3 nitrogen and oxygen atoms in total. The molecule has 0 saturated carbocycles. The monoisotopic (exact) mass is 221 g/mol. The second-order valence-electron chi connectivity index (χ2n) is 4.35. The highest BCUT2D eigenvalue weighted by Crippen LogP contribution is 2.09. The SMILES string of the molecule is CN(C)/C=C/C=C1\C=C(C=[N+](C)C)COC1. The highest BCUT2D eigenvalue weighted by molar-refractivity contribution is 5.76. The number of hydrogen-bond acceptors (Lipinski definition) is 2. The molecular weight excluding hydrogens is 200 g/mol. The highest BCUT2D eigenvalue weighted by Gasteiger charge is 2.07. The minimum absolute atomic E-state index is 0.697. The Morgan fingerprint density at radius 2 is 2.06 bits per heavy atom. The van der Waals surface area contributed by atoms with Crippen LogP contribution >= 0.6 is 0 Å². The number of nitrogens with zero attached hydrogens (tertiary/aromatic N) is 2. The minimum Gasteiger partial charge on any atom is -0.383 e. The first-order chi connectivity index (χ1) is 7.58. The Morgan fingerprint density at radius 3 is 2.69 bits per heavy atom. The molecule has 1 heterocycles. The predicted molar refractivity (Wildman–Crippen MR) is 68.0 cm³/mol. The summed E-state index contributed by atoms with van der Waals surface area (Å²) < 4.78 is 7.55. The van der Waals surface area contributed by atoms with Crippen LogP contribution in [0.2, 0.25) is 0 Å². The summed E-state index contributed by atoms with van der Waals surface area (Å²) in [5.74, 6) is 0. The van der Waals surface area contributed by atoms with E-state index < -0.39 is 0 Å². The number of ether oxygens (including phenoxy) is 1. The third-order valence-electron chi connectivity index (χ3n) is 2.03. The molecule has 88 valence electrons. The van der Waals surface area contributed by atoms with Crippen molar-refractivity contribution in [1.29, 1.82) is 0 Å². The highest BCUT2D eigenvalue weighted by atomic mass is 16.5. The van der Waals surface area contributed by atoms with Crippen molar-refractivity contribution in [1.82, 2.24) is 4.90 Å². The lowest BCUT2D eigenvalue weighted by Gasteiger charge is -2.11. The molecule has 0 N–H and O–H groups in total. The molecular formula is C13H21N2O+. The van der Waals surface area contributed by atoms with Crippen LogP contribution in [0.25, 0.3) is 0 Å². The van der Waals surface area contributed by atoms with Crippen molar-refractivity contribution in [2.75, 3.05) is 41.4 Å². The smallest absolute Gasteiger partial charge is 0.168 e. The molecule has 0 amide bonds. The molecule has 3 heteroatoms. The van der Waals surface area contributed by atoms with Crippen molar-refractivity contribution in [3.63, 3.8) is 0 Å². The van der Waals surface area contributed by atoms with Gasteiger partial charge in [-0.1, -0.05) is 6.08 Å². The molecule has 1 aliphatic heterocycles. The lowest BCUT2D eigenvalue weighted by Crippen LogP contribution is -2.13. The van der Waals surface area contributed by atoms with E-state index in [-0.39, 0.29) is 0 Å². The van der Waals surface area contributed by atoms with Gasteiger partial charge in [-0.05, 0) is 23.9 Å². The minimum atomic E-state index is 0.697. The Bertz CT molecular complexity index is 345. The van der Waals surface area contributed by atoms with E-state index >= 15 is 0 Å². The van der Waals surface area contributed by atoms with Crippen LogP contribution in [0.4, 0.5) is 0 Å². The zero-order valence-corrected chi connectivity index (χ0v) is 10.6. The van der Waals surface area contributed by atoms with Gasteiger partial charge in [0.2, 0.25) is 0 Å². The normalized spacial score (nSPS) is 18.8. The summed E-state index contributed by atoms with van der Waals surface area (Å²) in [6.45, 7) is 1.40. The summed E-state index contributed by atoms with van der Waals surface area (Å²) in [7, 11) is 8.05. The molecule has 0 aliphatic carbocycles. The molecule has 0 aromatic rings. The van der Waals surface area contributed by atoms with Crippen molar-refractivity contribution in [2.45, 2.75) is 0 Å². The molecule has 1 aliphatic rings. The first-order valence-corrected chi connectivity index (χ1v) is 5.41. The molecule has 0 aromatic heterocycles. The fourth-order valence-electron chi connectivity index (χ4n) is 1.45. The summed E-state index contributed by atoms with van der Waals surface area (Å²) in [5.41, 5.74) is 2.42. The van der Waals surface area contributed by atoms with Gasteiger partial charge in [-0.3, -0.25) is 0 Å². The Labute approximate surface area is 98.0 Å². The molecule has 0 bridgehead atoms. The fourth-order valence-corrected chi connectivity index (χ4v) is 1.45. The van der Waals surface area contributed by atoms with Crippen molar-refractivity contribution in [2.24, 2.45) is 0 Å². The summed E-state index contributed by atoms with van der Waals surface area (Å²) in [6.07, 6.45) is 10.4. The van der Waals surface area contributed by atoms with Gasteiger partial charge in [-0.2, -0.15) is 0 Å². The van der Waals surface area contributed by atoms with Crippen molar-refractivity contribution >= 4 is 6.21 Å². The van der Waals surface area contributed by atoms with Gasteiger partial charge in [-0.15, -0.1) is 0 Å². The lowest BCUT2D eigenvalue weighted by molar-refractivity contribution is -0.459. The van der Waals surface area contributed by atoms with Crippen LogP contribution in [-0.2, 0) is 4.74 Å². The van der Waals surface area contributed by atoms with Crippen LogP contribution in [0.5, 0.6) is 0 Å². The third kappa shape index (κ3) is 4.94. The lowest BCUT2D eigenvalue weighted by atomic mass is 10.1. The van der Waals surface area contributed by atoms with Gasteiger partial charge in [0.05, 0.1) is 13.2 Å². The van der Waals surface area contributed by atoms with E-state index in [1.54, 1.807) is 0 Å². The number of allylic oxidation sites excluding steroid dienone is 2. The van der Waals surface area contributed by atoms with E-state index in [0.717, 1.165) is 0 Å². The third-order valence-corrected chi connectivity index (χ3v) is 2.03. The second kappa shape index (κ2) is 6.28. The van der Waals surface area contributed by atoms with Crippen molar-refractivity contribution in [3.8, 4) is 0 Å². The van der Waals surface area contributed by atoms with Crippen LogP contribution in [0.1, 0.15) is 0 Å². The maximum Gasteiger partial charge on any atom is 0.168 e. The Kier molecular flexibility index (Phi) is 4.99. The molecule has 1 rings (SSSR count). The van der Waals surface area contributed by atoms with Gasteiger partial charge in [0, 0.05) is 19.7 Å². The standard InChI is InChI=1S/C13H21N2O/c1-14(2)7-5-6-12-8-13(9-15(3)4)11-16-10-12/h5-9H,10-11H2,1-4H3/q+1. The molecule has 0 radical (unpaired) electrons. The van der Waals surface area contributed by atoms with Gasteiger partial charge in [-0.25, -0.2) is 4.58 Å². The van der Waals surface area contributed by atoms with E-state index in [1.807, 2.05) is 49.9 Å². The maximum atomic E-state index is 5.51. The average molecular weight is 221 g/mol. The first kappa shape index (κ1) is 12.7. The van der Waals surface area contributed by atoms with Gasteiger partial charge in [0.15, 0.2) is 6.21 Å². The zero-order valence-electron chi connectivity index (χ0n) is 10.6. The van der Waals surface area contributed by atoms with Gasteiger partial charge >= 0.3 is 0 Å². The van der Waals surface area contributed by atoms with E-state index in [9.17, 15) is 0 Å². The first-order valence-electron chi connectivity index (χ1n) is 5.41. The zero-order chi connectivity index (χ0) is 12.0. The molecule has 16 heavy (non-hydrogen) atoms. The van der Waals surface area contributed by atoms with E-state index in [4.69, 9.17) is 4.74 Å². The molecule has 0 atom stereocenters. The van der Waals surface area contributed by atoms with Gasteiger partial charge < -0.3 is 9.64 Å². The van der Waals surface area contributed by atoms with Crippen LogP contribution in [0.15, 0.2) is 35.6 Å². The topological polar surface area (TPSA) is 15.5 Å². The van der Waals surface area contributed by atoms with E-state index in [2.05, 4.69) is 18.4 Å². The second-order valence-corrected chi connectivity index (χ2v) is 4.35. The summed E-state index contributed by atoms with van der Waals surface area (Å²) in [6, 6.07) is 0. The molecule has 0 fully saturated rings. The van der Waals surface area contributed by atoms with Crippen molar-refractivity contribution in [3.05, 3.63) is 35.6 Å². The largest absolute Gasteiger partial charge is 0.383 e. The average Bonchev–Trinajstić information content (AvgIpc) is 2.16. The molecule has 0 aromatic carbocycles. The van der Waals surface area contributed by atoms with Crippen LogP contribution in [0, 0.1) is 0 Å². The molecule has 0 unspecified atom stereocenters. The Balaban J connectivity index is 2.72. The van der Waals surface area contributed by atoms with Gasteiger partial charge in [0.25, 0.3) is 0 Å².